The second-order valence-corrected chi connectivity index (χ2v) is 6.93. The van der Waals surface area contributed by atoms with E-state index in [-0.39, 0.29) is 12.4 Å². The van der Waals surface area contributed by atoms with Crippen molar-refractivity contribution in [3.8, 4) is 0 Å². The molecular formula is C14H21N3O3S. The number of aliphatic imine (C=N–C) groups is 1. The number of rotatable bonds is 6. The van der Waals surface area contributed by atoms with Gasteiger partial charge in [-0.1, -0.05) is 12.1 Å². The van der Waals surface area contributed by atoms with E-state index < -0.39 is 9.84 Å². The van der Waals surface area contributed by atoms with Crippen LogP contribution in [0.5, 0.6) is 0 Å². The van der Waals surface area contributed by atoms with Gasteiger partial charge in [0, 0.05) is 26.7 Å². The topological polar surface area (TPSA) is 79.8 Å². The van der Waals surface area contributed by atoms with Crippen molar-refractivity contribution in [1.29, 1.82) is 0 Å². The Morgan fingerprint density at radius 2 is 2.10 bits per heavy atom. The molecule has 1 aromatic rings. The van der Waals surface area contributed by atoms with Crippen LogP contribution in [0.1, 0.15) is 12.0 Å². The van der Waals surface area contributed by atoms with Crippen LogP contribution in [0.2, 0.25) is 0 Å². The first-order valence-corrected chi connectivity index (χ1v) is 8.60. The van der Waals surface area contributed by atoms with E-state index in [2.05, 4.69) is 15.6 Å². The van der Waals surface area contributed by atoms with Gasteiger partial charge in [0.2, 0.25) is 0 Å². The second kappa shape index (κ2) is 7.42. The average molecular weight is 311 g/mol. The molecule has 21 heavy (non-hydrogen) atoms. The zero-order valence-corrected chi connectivity index (χ0v) is 12.9. The lowest BCUT2D eigenvalue weighted by atomic mass is 10.2. The molecule has 0 aromatic heterocycles. The van der Waals surface area contributed by atoms with Crippen LogP contribution in [0.3, 0.4) is 0 Å². The molecule has 0 amide bonds. The average Bonchev–Trinajstić information content (AvgIpc) is 2.52. The number of hydrogen-bond donors (Lipinski definition) is 2. The van der Waals surface area contributed by atoms with Gasteiger partial charge in [-0.05, 0) is 24.1 Å². The quantitative estimate of drug-likeness (QED) is 0.802. The van der Waals surface area contributed by atoms with Crippen molar-refractivity contribution in [2.45, 2.75) is 17.9 Å². The summed E-state index contributed by atoms with van der Waals surface area (Å²) >= 11 is 0. The lowest BCUT2D eigenvalue weighted by molar-refractivity contribution is 0.217. The predicted octanol–water partition coefficient (Wildman–Crippen LogP) is 0.546. The van der Waals surface area contributed by atoms with Gasteiger partial charge in [-0.25, -0.2) is 8.42 Å². The van der Waals surface area contributed by atoms with Crippen molar-refractivity contribution in [2.75, 3.05) is 32.6 Å². The van der Waals surface area contributed by atoms with Gasteiger partial charge in [-0.15, -0.1) is 0 Å². The summed E-state index contributed by atoms with van der Waals surface area (Å²) in [6.45, 7) is 2.59. The molecule has 0 saturated carbocycles. The Hall–Kier alpha value is -1.60. The summed E-state index contributed by atoms with van der Waals surface area (Å²) in [5.74, 6) is 0.806. The molecule has 1 aliphatic heterocycles. The van der Waals surface area contributed by atoms with Gasteiger partial charge in [0.25, 0.3) is 0 Å². The monoisotopic (exact) mass is 311 g/mol. The van der Waals surface area contributed by atoms with Crippen LogP contribution in [0.4, 0.5) is 0 Å². The van der Waals surface area contributed by atoms with Crippen LogP contribution in [-0.4, -0.2) is 46.9 Å². The van der Waals surface area contributed by atoms with E-state index in [1.165, 1.54) is 7.11 Å². The molecular weight excluding hydrogens is 290 g/mol. The van der Waals surface area contributed by atoms with Crippen molar-refractivity contribution in [3.05, 3.63) is 29.8 Å². The minimum atomic E-state index is -3.26. The number of nitrogens with zero attached hydrogens (tertiary/aromatic N) is 1. The molecule has 0 bridgehead atoms. The first kappa shape index (κ1) is 15.8. The van der Waals surface area contributed by atoms with Crippen LogP contribution in [0.15, 0.2) is 34.2 Å². The fraction of sp³-hybridized carbons (Fsp3) is 0.500. The van der Waals surface area contributed by atoms with E-state index in [0.717, 1.165) is 31.0 Å². The third-order valence-corrected chi connectivity index (χ3v) is 4.89. The van der Waals surface area contributed by atoms with Crippen LogP contribution in [0.25, 0.3) is 0 Å². The summed E-state index contributed by atoms with van der Waals surface area (Å²) in [6.07, 6.45) is 1.05. The molecule has 2 rings (SSSR count). The lowest BCUT2D eigenvalue weighted by Crippen LogP contribution is -2.40. The Morgan fingerprint density at radius 1 is 1.33 bits per heavy atom. The second-order valence-electron chi connectivity index (χ2n) is 4.82. The highest BCUT2D eigenvalue weighted by Crippen LogP contribution is 2.12. The number of benzene rings is 1. The number of ether oxygens (including phenoxy) is 1. The molecule has 0 spiro atoms. The van der Waals surface area contributed by atoms with Crippen LogP contribution < -0.4 is 10.6 Å². The molecule has 1 heterocycles. The number of methoxy groups -OCH3 is 1. The highest BCUT2D eigenvalue weighted by Gasteiger charge is 2.13. The summed E-state index contributed by atoms with van der Waals surface area (Å²) in [6, 6.07) is 6.91. The van der Waals surface area contributed by atoms with Gasteiger partial charge < -0.3 is 15.4 Å². The van der Waals surface area contributed by atoms with E-state index >= 15 is 0 Å². The first-order chi connectivity index (χ1) is 10.1. The van der Waals surface area contributed by atoms with Gasteiger partial charge in [0.15, 0.2) is 15.8 Å². The Kier molecular flexibility index (Phi) is 5.58. The standard InChI is InChI=1S/C14H21N3O3S/c1-20-9-10-21(18,19)13-5-3-12(4-6-13)11-17-14-15-7-2-8-16-14/h3-6H,2,7-11H2,1H3,(H2,15,16,17). The smallest absolute Gasteiger partial charge is 0.191 e. The predicted molar refractivity (Wildman–Crippen MR) is 82.1 cm³/mol. The Bertz CT molecular complexity index is 582. The van der Waals surface area contributed by atoms with Gasteiger partial charge in [-0.3, -0.25) is 4.99 Å². The highest BCUT2D eigenvalue weighted by molar-refractivity contribution is 7.91. The normalized spacial score (nSPS) is 15.2. The van der Waals surface area contributed by atoms with E-state index in [9.17, 15) is 8.42 Å². The summed E-state index contributed by atoms with van der Waals surface area (Å²) in [7, 11) is -1.76. The maximum absolute atomic E-state index is 12.0. The molecule has 7 heteroatoms. The molecule has 0 unspecified atom stereocenters. The molecule has 1 aliphatic rings. The van der Waals surface area contributed by atoms with Crippen molar-refractivity contribution in [2.24, 2.45) is 4.99 Å². The molecule has 1 aromatic carbocycles. The zero-order valence-electron chi connectivity index (χ0n) is 12.1. The molecule has 2 N–H and O–H groups in total. The third-order valence-electron chi connectivity index (χ3n) is 3.20. The number of hydrogen-bond acceptors (Lipinski definition) is 6. The largest absolute Gasteiger partial charge is 0.384 e. The Labute approximate surface area is 125 Å². The molecule has 0 aliphatic carbocycles. The molecule has 0 saturated heterocycles. The Morgan fingerprint density at radius 3 is 2.71 bits per heavy atom. The minimum Gasteiger partial charge on any atom is -0.384 e. The molecule has 0 atom stereocenters. The van der Waals surface area contributed by atoms with Gasteiger partial charge in [-0.2, -0.15) is 0 Å². The SMILES string of the molecule is COCCS(=O)(=O)c1ccc(CNC2=NCCCN2)cc1. The maximum Gasteiger partial charge on any atom is 0.191 e. The maximum atomic E-state index is 12.0. The first-order valence-electron chi connectivity index (χ1n) is 6.94. The number of nitrogens with one attached hydrogen (secondary N) is 2. The summed E-state index contributed by atoms with van der Waals surface area (Å²) in [4.78, 5) is 4.65. The van der Waals surface area contributed by atoms with Crippen LogP contribution >= 0.6 is 0 Å². The van der Waals surface area contributed by atoms with Gasteiger partial charge in [0.05, 0.1) is 17.3 Å². The fourth-order valence-electron chi connectivity index (χ4n) is 1.96. The van der Waals surface area contributed by atoms with E-state index in [4.69, 9.17) is 4.74 Å². The fourth-order valence-corrected chi connectivity index (χ4v) is 3.13. The zero-order chi connectivity index (χ0) is 15.1. The third kappa shape index (κ3) is 4.71. The summed E-state index contributed by atoms with van der Waals surface area (Å²) in [5, 5.41) is 6.38. The molecule has 0 radical (unpaired) electrons. The van der Waals surface area contributed by atoms with Crippen molar-refractivity contribution in [1.82, 2.24) is 10.6 Å². The van der Waals surface area contributed by atoms with Crippen molar-refractivity contribution >= 4 is 15.8 Å². The molecule has 0 fully saturated rings. The van der Waals surface area contributed by atoms with Gasteiger partial charge >= 0.3 is 0 Å². The number of sulfone groups is 1. The molecule has 116 valence electrons. The molecule has 6 nitrogen and oxygen atoms in total. The summed E-state index contributed by atoms with van der Waals surface area (Å²) in [5.41, 5.74) is 1.01. The summed E-state index contributed by atoms with van der Waals surface area (Å²) < 4.78 is 28.8. The van der Waals surface area contributed by atoms with E-state index in [0.29, 0.717) is 11.4 Å². The van der Waals surface area contributed by atoms with Gasteiger partial charge in [0.1, 0.15) is 0 Å². The minimum absolute atomic E-state index is 0.00181. The van der Waals surface area contributed by atoms with Crippen LogP contribution in [-0.2, 0) is 21.1 Å². The number of guanidine groups is 1. The Balaban J connectivity index is 1.94. The lowest BCUT2D eigenvalue weighted by Gasteiger charge is -2.16. The van der Waals surface area contributed by atoms with Crippen molar-refractivity contribution < 1.29 is 13.2 Å². The van der Waals surface area contributed by atoms with Crippen LogP contribution in [0, 0.1) is 0 Å². The highest BCUT2D eigenvalue weighted by atomic mass is 32.2. The van der Waals surface area contributed by atoms with E-state index in [1.54, 1.807) is 12.1 Å². The van der Waals surface area contributed by atoms with Crippen molar-refractivity contribution in [3.63, 3.8) is 0 Å². The van der Waals surface area contributed by atoms with E-state index in [1.807, 2.05) is 12.1 Å².